The van der Waals surface area contributed by atoms with E-state index in [0.717, 1.165) is 18.9 Å². The lowest BCUT2D eigenvalue weighted by atomic mass is 9.97. The second-order valence-electron chi connectivity index (χ2n) is 5.45. The first-order chi connectivity index (χ1) is 10.2. The van der Waals surface area contributed by atoms with Gasteiger partial charge >= 0.3 is 0 Å². The zero-order chi connectivity index (χ0) is 14.8. The summed E-state index contributed by atoms with van der Waals surface area (Å²) >= 11 is 0. The molecule has 7 heteroatoms. The number of carbonyl (C=O) groups excluding carboxylic acids is 1. The average molecular weight is 322 g/mol. The Bertz CT molecular complexity index is 657. The summed E-state index contributed by atoms with van der Waals surface area (Å²) in [4.78, 5) is 21.0. The normalized spacial score (nSPS) is 20.5. The Kier molecular flexibility index (Phi) is 5.15. The molecular weight excluding hydrogens is 302 g/mol. The Morgan fingerprint density at radius 1 is 1.36 bits per heavy atom. The molecule has 2 aromatic rings. The lowest BCUT2D eigenvalue weighted by molar-refractivity contribution is -0.120. The van der Waals surface area contributed by atoms with Gasteiger partial charge in [-0.3, -0.25) is 9.36 Å². The predicted molar refractivity (Wildman–Crippen MR) is 87.5 cm³/mol. The van der Waals surface area contributed by atoms with E-state index in [-0.39, 0.29) is 24.2 Å². The molecule has 1 aliphatic heterocycles. The predicted octanol–water partition coefficient (Wildman–Crippen LogP) is 1.79. The van der Waals surface area contributed by atoms with Crippen molar-refractivity contribution in [2.45, 2.75) is 13.8 Å². The third-order valence-electron chi connectivity index (χ3n) is 3.95. The van der Waals surface area contributed by atoms with Gasteiger partial charge < -0.3 is 10.6 Å². The number of anilines is 1. The number of amides is 1. The maximum Gasteiger partial charge on any atom is 0.229 e. The van der Waals surface area contributed by atoms with Crippen molar-refractivity contribution in [2.24, 2.45) is 11.8 Å². The summed E-state index contributed by atoms with van der Waals surface area (Å²) in [6.45, 7) is 5.61. The van der Waals surface area contributed by atoms with E-state index in [9.17, 15) is 4.79 Å². The summed E-state index contributed by atoms with van der Waals surface area (Å²) in [7, 11) is 0. The van der Waals surface area contributed by atoms with Gasteiger partial charge in [-0.1, -0.05) is 6.92 Å². The fourth-order valence-corrected chi connectivity index (χ4v) is 2.67. The number of nitrogens with zero attached hydrogens (tertiary/aromatic N) is 3. The Balaban J connectivity index is 0.00000176. The third kappa shape index (κ3) is 3.13. The van der Waals surface area contributed by atoms with E-state index >= 15 is 0 Å². The molecule has 2 atom stereocenters. The highest BCUT2D eigenvalue weighted by molar-refractivity contribution is 5.94. The number of imidazole rings is 1. The standard InChI is InChI=1S/C15H19N5O.ClH/c1-10-8-16-9-12(10)15(21)19-13-4-3-5-18-14(13)20-7-6-17-11(20)2;/h3-7,10,12,16H,8-9H2,1-2H3,(H,19,21);1H/t10-,12-;/m1./s1. The summed E-state index contributed by atoms with van der Waals surface area (Å²) in [5, 5.41) is 6.26. The zero-order valence-electron chi connectivity index (χ0n) is 12.6. The van der Waals surface area contributed by atoms with Crippen LogP contribution >= 0.6 is 12.4 Å². The van der Waals surface area contributed by atoms with Gasteiger partial charge in [-0.05, 0) is 31.5 Å². The highest BCUT2D eigenvalue weighted by Crippen LogP contribution is 2.22. The van der Waals surface area contributed by atoms with Crippen LogP contribution in [0.4, 0.5) is 5.69 Å². The number of hydrogen-bond acceptors (Lipinski definition) is 4. The van der Waals surface area contributed by atoms with Gasteiger partial charge in [0.2, 0.25) is 5.91 Å². The van der Waals surface area contributed by atoms with Crippen LogP contribution in [0.3, 0.4) is 0 Å². The lowest BCUT2D eigenvalue weighted by Gasteiger charge is -2.16. The SMILES string of the molecule is Cc1nccn1-c1ncccc1NC(=O)[C@@H]1CNC[C@H]1C.Cl. The maximum absolute atomic E-state index is 12.4. The molecule has 0 saturated carbocycles. The molecule has 1 aliphatic rings. The largest absolute Gasteiger partial charge is 0.323 e. The van der Waals surface area contributed by atoms with Crippen LogP contribution in [-0.2, 0) is 4.79 Å². The van der Waals surface area contributed by atoms with Crippen LogP contribution in [0.25, 0.3) is 5.82 Å². The number of aryl methyl sites for hydroxylation is 1. The first kappa shape index (κ1) is 16.5. The molecule has 2 aromatic heterocycles. The third-order valence-corrected chi connectivity index (χ3v) is 3.95. The zero-order valence-corrected chi connectivity index (χ0v) is 13.4. The summed E-state index contributed by atoms with van der Waals surface area (Å²) < 4.78 is 1.87. The molecule has 2 N–H and O–H groups in total. The van der Waals surface area contributed by atoms with Crippen LogP contribution in [0.15, 0.2) is 30.7 Å². The van der Waals surface area contributed by atoms with E-state index in [1.807, 2.05) is 29.8 Å². The summed E-state index contributed by atoms with van der Waals surface area (Å²) in [5.41, 5.74) is 0.711. The molecule has 0 unspecified atom stereocenters. The monoisotopic (exact) mass is 321 g/mol. The van der Waals surface area contributed by atoms with Crippen molar-refractivity contribution in [3.63, 3.8) is 0 Å². The Hall–Kier alpha value is -1.92. The van der Waals surface area contributed by atoms with Crippen LogP contribution in [0, 0.1) is 18.8 Å². The minimum Gasteiger partial charge on any atom is -0.323 e. The molecule has 22 heavy (non-hydrogen) atoms. The number of nitrogens with one attached hydrogen (secondary N) is 2. The van der Waals surface area contributed by atoms with Gasteiger partial charge in [-0.25, -0.2) is 9.97 Å². The Morgan fingerprint density at radius 2 is 2.18 bits per heavy atom. The van der Waals surface area contributed by atoms with Crippen molar-refractivity contribution < 1.29 is 4.79 Å². The van der Waals surface area contributed by atoms with Crippen LogP contribution < -0.4 is 10.6 Å². The number of aromatic nitrogens is 3. The second kappa shape index (κ2) is 6.89. The Labute approximate surface area is 135 Å². The molecule has 0 spiro atoms. The first-order valence-corrected chi connectivity index (χ1v) is 7.13. The van der Waals surface area contributed by atoms with Gasteiger partial charge in [0.15, 0.2) is 5.82 Å². The van der Waals surface area contributed by atoms with E-state index in [1.165, 1.54) is 0 Å². The molecule has 0 aromatic carbocycles. The second-order valence-corrected chi connectivity index (χ2v) is 5.45. The van der Waals surface area contributed by atoms with Crippen molar-refractivity contribution in [3.05, 3.63) is 36.5 Å². The highest BCUT2D eigenvalue weighted by Gasteiger charge is 2.30. The van der Waals surface area contributed by atoms with Crippen molar-refractivity contribution in [2.75, 3.05) is 18.4 Å². The smallest absolute Gasteiger partial charge is 0.229 e. The van der Waals surface area contributed by atoms with Crippen LogP contribution in [0.2, 0.25) is 0 Å². The van der Waals surface area contributed by atoms with Gasteiger partial charge in [0, 0.05) is 25.1 Å². The molecule has 0 aliphatic carbocycles. The number of hydrogen-bond donors (Lipinski definition) is 2. The molecule has 0 bridgehead atoms. The van der Waals surface area contributed by atoms with E-state index in [0.29, 0.717) is 17.4 Å². The van der Waals surface area contributed by atoms with Gasteiger partial charge in [-0.15, -0.1) is 12.4 Å². The van der Waals surface area contributed by atoms with Gasteiger partial charge in [0.1, 0.15) is 5.82 Å². The molecule has 3 rings (SSSR count). The number of halogens is 1. The van der Waals surface area contributed by atoms with Crippen LogP contribution in [-0.4, -0.2) is 33.5 Å². The van der Waals surface area contributed by atoms with Crippen LogP contribution in [0.5, 0.6) is 0 Å². The van der Waals surface area contributed by atoms with Crippen molar-refractivity contribution >= 4 is 24.0 Å². The number of pyridine rings is 1. The topological polar surface area (TPSA) is 71.8 Å². The molecular formula is C15H20ClN5O. The highest BCUT2D eigenvalue weighted by atomic mass is 35.5. The number of rotatable bonds is 3. The first-order valence-electron chi connectivity index (χ1n) is 7.13. The van der Waals surface area contributed by atoms with E-state index in [1.54, 1.807) is 12.4 Å². The number of carbonyl (C=O) groups is 1. The van der Waals surface area contributed by atoms with Gasteiger partial charge in [0.25, 0.3) is 0 Å². The molecule has 1 saturated heterocycles. The fraction of sp³-hybridized carbons (Fsp3) is 0.400. The van der Waals surface area contributed by atoms with Crippen molar-refractivity contribution in [1.82, 2.24) is 19.9 Å². The van der Waals surface area contributed by atoms with Crippen molar-refractivity contribution in [1.29, 1.82) is 0 Å². The van der Waals surface area contributed by atoms with Gasteiger partial charge in [0.05, 0.1) is 11.6 Å². The molecule has 1 amide bonds. The maximum atomic E-state index is 12.4. The molecule has 1 fully saturated rings. The Morgan fingerprint density at radius 3 is 2.82 bits per heavy atom. The molecule has 0 radical (unpaired) electrons. The lowest BCUT2D eigenvalue weighted by Crippen LogP contribution is -2.28. The molecule has 3 heterocycles. The van der Waals surface area contributed by atoms with E-state index in [2.05, 4.69) is 27.5 Å². The summed E-state index contributed by atoms with van der Waals surface area (Å²) in [5.74, 6) is 1.92. The fourth-order valence-electron chi connectivity index (χ4n) is 2.67. The molecule has 6 nitrogen and oxygen atoms in total. The quantitative estimate of drug-likeness (QED) is 0.904. The van der Waals surface area contributed by atoms with Crippen molar-refractivity contribution in [3.8, 4) is 5.82 Å². The molecule has 118 valence electrons. The average Bonchev–Trinajstić information content (AvgIpc) is 3.08. The minimum atomic E-state index is 0. The van der Waals surface area contributed by atoms with E-state index in [4.69, 9.17) is 0 Å². The van der Waals surface area contributed by atoms with E-state index < -0.39 is 0 Å². The minimum absolute atomic E-state index is 0. The summed E-state index contributed by atoms with van der Waals surface area (Å²) in [6.07, 6.45) is 5.27. The van der Waals surface area contributed by atoms with Crippen LogP contribution in [0.1, 0.15) is 12.7 Å². The summed E-state index contributed by atoms with van der Waals surface area (Å²) in [6, 6.07) is 3.69. The van der Waals surface area contributed by atoms with Gasteiger partial charge in [-0.2, -0.15) is 0 Å².